The lowest BCUT2D eigenvalue weighted by Gasteiger charge is -2.31. The summed E-state index contributed by atoms with van der Waals surface area (Å²) in [5, 5.41) is 2.82. The summed E-state index contributed by atoms with van der Waals surface area (Å²) in [6.07, 6.45) is 1.31. The second-order valence-electron chi connectivity index (χ2n) is 5.82. The van der Waals surface area contributed by atoms with Gasteiger partial charge >= 0.3 is 0 Å². The Labute approximate surface area is 130 Å². The largest absolute Gasteiger partial charge is 0.354 e. The number of carbonyl (C=O) groups is 1. The fourth-order valence-corrected chi connectivity index (χ4v) is 4.06. The molecule has 0 spiro atoms. The Balaban J connectivity index is 2.14. The average molecular weight is 328 g/mol. The van der Waals surface area contributed by atoms with Crippen LogP contribution >= 0.6 is 0 Å². The normalized spacial score (nSPS) is 20.1. The van der Waals surface area contributed by atoms with Crippen molar-refractivity contribution in [3.8, 4) is 0 Å². The van der Waals surface area contributed by atoms with Gasteiger partial charge in [0.05, 0.1) is 10.8 Å². The number of hydrogen-bond donors (Lipinski definition) is 1. The van der Waals surface area contributed by atoms with Gasteiger partial charge in [-0.25, -0.2) is 12.8 Å². The minimum Gasteiger partial charge on any atom is -0.354 e. The molecule has 5 nitrogen and oxygen atoms in total. The molecule has 1 fully saturated rings. The zero-order valence-electron chi connectivity index (χ0n) is 12.8. The molecular formula is C15H21FN2O3S. The molecule has 1 aliphatic rings. The van der Waals surface area contributed by atoms with Crippen molar-refractivity contribution in [1.29, 1.82) is 0 Å². The molecule has 0 saturated carbocycles. The summed E-state index contributed by atoms with van der Waals surface area (Å²) < 4.78 is 39.4. The highest BCUT2D eigenvalue weighted by atomic mass is 32.2. The maximum absolute atomic E-state index is 12.9. The lowest BCUT2D eigenvalue weighted by atomic mass is 9.98. The molecule has 1 atom stereocenters. The predicted octanol–water partition coefficient (Wildman–Crippen LogP) is 1.75. The van der Waals surface area contributed by atoms with E-state index in [0.29, 0.717) is 19.4 Å². The van der Waals surface area contributed by atoms with Crippen LogP contribution in [0.15, 0.2) is 29.2 Å². The van der Waals surface area contributed by atoms with Crippen molar-refractivity contribution in [2.75, 3.05) is 13.1 Å². The van der Waals surface area contributed by atoms with E-state index in [2.05, 4.69) is 5.32 Å². The van der Waals surface area contributed by atoms with E-state index in [1.165, 1.54) is 16.4 Å². The number of nitrogens with one attached hydrogen (secondary N) is 1. The lowest BCUT2D eigenvalue weighted by molar-refractivity contribution is -0.126. The van der Waals surface area contributed by atoms with Gasteiger partial charge in [0.25, 0.3) is 0 Å². The van der Waals surface area contributed by atoms with Crippen LogP contribution in [0, 0.1) is 11.7 Å². The number of amides is 1. The van der Waals surface area contributed by atoms with Gasteiger partial charge in [-0.3, -0.25) is 4.79 Å². The standard InChI is InChI=1S/C15H21FN2O3S/c1-11(2)17-15(19)12-4-3-9-18(10-12)22(20,21)14-7-5-13(16)6-8-14/h5-8,11-12H,3-4,9-10H2,1-2H3,(H,17,19)/t12-/m1/s1. The first-order chi connectivity index (χ1) is 10.3. The Bertz CT molecular complexity index is 629. The van der Waals surface area contributed by atoms with E-state index in [9.17, 15) is 17.6 Å². The van der Waals surface area contributed by atoms with Crippen molar-refractivity contribution < 1.29 is 17.6 Å². The summed E-state index contributed by atoms with van der Waals surface area (Å²) in [5.41, 5.74) is 0. The van der Waals surface area contributed by atoms with E-state index < -0.39 is 15.8 Å². The van der Waals surface area contributed by atoms with Crippen LogP contribution in [0.3, 0.4) is 0 Å². The maximum Gasteiger partial charge on any atom is 0.243 e. The molecule has 2 rings (SSSR count). The maximum atomic E-state index is 12.9. The predicted molar refractivity (Wildman–Crippen MR) is 81.2 cm³/mol. The molecular weight excluding hydrogens is 307 g/mol. The van der Waals surface area contributed by atoms with Crippen LogP contribution in [0.2, 0.25) is 0 Å². The van der Waals surface area contributed by atoms with Crippen molar-refractivity contribution in [3.63, 3.8) is 0 Å². The topological polar surface area (TPSA) is 66.5 Å². The van der Waals surface area contributed by atoms with Crippen LogP contribution in [-0.4, -0.2) is 37.8 Å². The Hall–Kier alpha value is -1.47. The molecule has 1 aliphatic heterocycles. The van der Waals surface area contributed by atoms with E-state index >= 15 is 0 Å². The van der Waals surface area contributed by atoms with Gasteiger partial charge < -0.3 is 5.32 Å². The van der Waals surface area contributed by atoms with E-state index in [4.69, 9.17) is 0 Å². The number of hydrogen-bond acceptors (Lipinski definition) is 3. The first-order valence-electron chi connectivity index (χ1n) is 7.37. The average Bonchev–Trinajstić information content (AvgIpc) is 2.47. The van der Waals surface area contributed by atoms with Gasteiger partial charge in [-0.15, -0.1) is 0 Å². The van der Waals surface area contributed by atoms with Crippen LogP contribution in [0.5, 0.6) is 0 Å². The summed E-state index contributed by atoms with van der Waals surface area (Å²) in [7, 11) is -3.69. The van der Waals surface area contributed by atoms with E-state index in [0.717, 1.165) is 12.1 Å². The fourth-order valence-electron chi connectivity index (χ4n) is 2.53. The molecule has 0 aromatic heterocycles. The number of carbonyl (C=O) groups excluding carboxylic acids is 1. The third kappa shape index (κ3) is 3.84. The number of sulfonamides is 1. The third-order valence-electron chi connectivity index (χ3n) is 3.64. The molecule has 0 aliphatic carbocycles. The van der Waals surface area contributed by atoms with Crippen molar-refractivity contribution >= 4 is 15.9 Å². The minimum atomic E-state index is -3.69. The minimum absolute atomic E-state index is 0.0246. The molecule has 1 heterocycles. The highest BCUT2D eigenvalue weighted by molar-refractivity contribution is 7.89. The summed E-state index contributed by atoms with van der Waals surface area (Å²) in [6.45, 7) is 4.28. The molecule has 1 amide bonds. The van der Waals surface area contributed by atoms with Crippen LogP contribution in [0.1, 0.15) is 26.7 Å². The number of benzene rings is 1. The Kier molecular flexibility index (Phi) is 5.18. The van der Waals surface area contributed by atoms with Crippen LogP contribution in [0.4, 0.5) is 4.39 Å². The lowest BCUT2D eigenvalue weighted by Crippen LogP contribution is -2.46. The SMILES string of the molecule is CC(C)NC(=O)[C@@H]1CCCN(S(=O)(=O)c2ccc(F)cc2)C1. The zero-order valence-corrected chi connectivity index (χ0v) is 13.6. The summed E-state index contributed by atoms with van der Waals surface area (Å²) >= 11 is 0. The smallest absolute Gasteiger partial charge is 0.243 e. The molecule has 122 valence electrons. The van der Waals surface area contributed by atoms with Gasteiger partial charge in [0.15, 0.2) is 0 Å². The Morgan fingerprint density at radius 3 is 2.55 bits per heavy atom. The Morgan fingerprint density at radius 1 is 1.32 bits per heavy atom. The van der Waals surface area contributed by atoms with Gasteiger partial charge in [-0.05, 0) is 51.0 Å². The zero-order chi connectivity index (χ0) is 16.3. The molecule has 1 aromatic carbocycles. The number of rotatable bonds is 4. The van der Waals surface area contributed by atoms with E-state index in [1.807, 2.05) is 13.8 Å². The summed E-state index contributed by atoms with van der Waals surface area (Å²) in [6, 6.07) is 4.78. The molecule has 22 heavy (non-hydrogen) atoms. The van der Waals surface area contributed by atoms with Crippen molar-refractivity contribution in [3.05, 3.63) is 30.1 Å². The number of piperidine rings is 1. The van der Waals surface area contributed by atoms with E-state index in [-0.39, 0.29) is 29.3 Å². The third-order valence-corrected chi connectivity index (χ3v) is 5.52. The quantitative estimate of drug-likeness (QED) is 0.916. The highest BCUT2D eigenvalue weighted by Crippen LogP contribution is 2.24. The first-order valence-corrected chi connectivity index (χ1v) is 8.81. The highest BCUT2D eigenvalue weighted by Gasteiger charge is 2.33. The molecule has 0 bridgehead atoms. The second-order valence-corrected chi connectivity index (χ2v) is 7.76. The molecule has 1 aromatic rings. The molecule has 0 unspecified atom stereocenters. The van der Waals surface area contributed by atoms with Gasteiger partial charge in [0, 0.05) is 19.1 Å². The van der Waals surface area contributed by atoms with Gasteiger partial charge in [-0.2, -0.15) is 4.31 Å². The summed E-state index contributed by atoms with van der Waals surface area (Å²) in [5.74, 6) is -0.938. The molecule has 0 radical (unpaired) electrons. The van der Waals surface area contributed by atoms with Crippen molar-refractivity contribution in [2.45, 2.75) is 37.6 Å². The fraction of sp³-hybridized carbons (Fsp3) is 0.533. The number of nitrogens with zero attached hydrogens (tertiary/aromatic N) is 1. The van der Waals surface area contributed by atoms with Crippen LogP contribution in [-0.2, 0) is 14.8 Å². The summed E-state index contributed by atoms with van der Waals surface area (Å²) in [4.78, 5) is 12.1. The van der Waals surface area contributed by atoms with Gasteiger partial charge in [-0.1, -0.05) is 0 Å². The number of halogens is 1. The molecule has 1 N–H and O–H groups in total. The van der Waals surface area contributed by atoms with Gasteiger partial charge in [0.2, 0.25) is 15.9 Å². The molecule has 1 saturated heterocycles. The van der Waals surface area contributed by atoms with Crippen molar-refractivity contribution in [2.24, 2.45) is 5.92 Å². The van der Waals surface area contributed by atoms with E-state index in [1.54, 1.807) is 0 Å². The van der Waals surface area contributed by atoms with Crippen molar-refractivity contribution in [1.82, 2.24) is 9.62 Å². The Morgan fingerprint density at radius 2 is 1.95 bits per heavy atom. The molecule has 7 heteroatoms. The monoisotopic (exact) mass is 328 g/mol. The van der Waals surface area contributed by atoms with Crippen LogP contribution in [0.25, 0.3) is 0 Å². The van der Waals surface area contributed by atoms with Crippen LogP contribution < -0.4 is 5.32 Å². The van der Waals surface area contributed by atoms with Gasteiger partial charge in [0.1, 0.15) is 5.82 Å². The first kappa shape index (κ1) is 16.9. The second kappa shape index (κ2) is 6.75.